The molecule has 11 nitrogen and oxygen atoms in total. The second kappa shape index (κ2) is 12.7. The van der Waals surface area contributed by atoms with Gasteiger partial charge in [0.05, 0.1) is 45.8 Å². The molecule has 0 aromatic heterocycles. The molecule has 2 amide bonds. The van der Waals surface area contributed by atoms with Crippen molar-refractivity contribution in [2.24, 2.45) is 0 Å². The summed E-state index contributed by atoms with van der Waals surface area (Å²) in [7, 11) is -0.845. The molecule has 12 heteroatoms. The predicted molar refractivity (Wildman–Crippen MR) is 155 cm³/mol. The smallest absolute Gasteiger partial charge is 0.412 e. The Bertz CT molecular complexity index is 1430. The first-order valence-electron chi connectivity index (χ1n) is 13.6. The number of carbonyl (C=O) groups excluding carboxylic acids is 2. The van der Waals surface area contributed by atoms with Crippen molar-refractivity contribution in [2.45, 2.75) is 64.0 Å². The molecule has 0 saturated heterocycles. The van der Waals surface area contributed by atoms with Gasteiger partial charge in [0.25, 0.3) is 16.0 Å². The van der Waals surface area contributed by atoms with E-state index in [1.165, 1.54) is 20.3 Å². The largest absolute Gasteiger partial charge is 0.493 e. The fourth-order valence-corrected chi connectivity index (χ4v) is 5.88. The van der Waals surface area contributed by atoms with Gasteiger partial charge in [-0.05, 0) is 62.4 Å². The van der Waals surface area contributed by atoms with Crippen molar-refractivity contribution < 1.29 is 41.1 Å². The van der Waals surface area contributed by atoms with E-state index in [-0.39, 0.29) is 31.8 Å². The Balaban J connectivity index is 1.78. The molecular formula is C30H38N2O9S. The lowest BCUT2D eigenvalue weighted by molar-refractivity contribution is -0.137. The molecule has 0 spiro atoms. The molecule has 2 aromatic carbocycles. The average Bonchev–Trinajstić information content (AvgIpc) is 3.03. The molecule has 2 heterocycles. The van der Waals surface area contributed by atoms with E-state index in [1.54, 1.807) is 31.7 Å². The number of hydrogen-bond donors (Lipinski definition) is 1. The van der Waals surface area contributed by atoms with E-state index in [9.17, 15) is 18.0 Å². The minimum atomic E-state index is -3.90. The van der Waals surface area contributed by atoms with Crippen molar-refractivity contribution in [2.75, 3.05) is 27.1 Å². The van der Waals surface area contributed by atoms with Gasteiger partial charge < -0.3 is 23.8 Å². The Morgan fingerprint density at radius 1 is 1.07 bits per heavy atom. The molecule has 42 heavy (non-hydrogen) atoms. The molecule has 0 saturated carbocycles. The first-order chi connectivity index (χ1) is 19.8. The average molecular weight is 603 g/mol. The van der Waals surface area contributed by atoms with Crippen LogP contribution in [0.4, 0.5) is 4.79 Å². The highest BCUT2D eigenvalue weighted by atomic mass is 32.2. The minimum absolute atomic E-state index is 0.0363. The standard InChI is InChI=1S/C30H38N2O9S/c1-30(2,3)40-29(34)31-22-12-13-25(41-42(6,35)36)23-14-20-15-26(37-4)27(38-5)16-21(20)24(32(23)28(22)33)18-39-17-19-10-8-7-9-11-19/h7-12,15-16,23-25H,13-14,17-18H2,1-6H3,(H,31,34)/t23-,24-,25+/m0/s1. The first-order valence-corrected chi connectivity index (χ1v) is 15.4. The monoisotopic (exact) mass is 602 g/mol. The highest BCUT2D eigenvalue weighted by molar-refractivity contribution is 7.86. The molecular weight excluding hydrogens is 564 g/mol. The number of ether oxygens (including phenoxy) is 4. The summed E-state index contributed by atoms with van der Waals surface area (Å²) in [4.78, 5) is 28.4. The second-order valence-corrected chi connectivity index (χ2v) is 12.8. The van der Waals surface area contributed by atoms with Gasteiger partial charge >= 0.3 is 6.09 Å². The Kier molecular flexibility index (Phi) is 9.49. The van der Waals surface area contributed by atoms with Gasteiger partial charge in [0, 0.05) is 0 Å². The summed E-state index contributed by atoms with van der Waals surface area (Å²) >= 11 is 0. The third kappa shape index (κ3) is 7.61. The number of carbonyl (C=O) groups is 2. The molecule has 2 aromatic rings. The summed E-state index contributed by atoms with van der Waals surface area (Å²) < 4.78 is 52.8. The molecule has 228 valence electrons. The van der Waals surface area contributed by atoms with Crippen LogP contribution in [0.2, 0.25) is 0 Å². The maximum Gasteiger partial charge on any atom is 0.412 e. The number of hydrogen-bond acceptors (Lipinski definition) is 9. The van der Waals surface area contributed by atoms with E-state index in [4.69, 9.17) is 23.1 Å². The van der Waals surface area contributed by atoms with Crippen LogP contribution in [-0.2, 0) is 41.6 Å². The summed E-state index contributed by atoms with van der Waals surface area (Å²) in [5.41, 5.74) is 1.70. The number of nitrogens with one attached hydrogen (secondary N) is 1. The van der Waals surface area contributed by atoms with Gasteiger partial charge in [-0.1, -0.05) is 36.4 Å². The molecule has 0 aliphatic carbocycles. The van der Waals surface area contributed by atoms with Gasteiger partial charge in [0.1, 0.15) is 17.4 Å². The lowest BCUT2D eigenvalue weighted by Crippen LogP contribution is -2.55. The van der Waals surface area contributed by atoms with E-state index in [2.05, 4.69) is 5.32 Å². The second-order valence-electron chi connectivity index (χ2n) is 11.2. The first kappa shape index (κ1) is 31.3. The van der Waals surface area contributed by atoms with Crippen LogP contribution in [0.25, 0.3) is 0 Å². The van der Waals surface area contributed by atoms with Crippen molar-refractivity contribution >= 4 is 22.1 Å². The Morgan fingerprint density at radius 3 is 2.36 bits per heavy atom. The SMILES string of the molecule is COc1cc2c(cc1OC)[C@H](COCc1ccccc1)N1C(=O)C(NC(=O)OC(C)(C)C)=CC[C@@H](OS(C)(=O)=O)[C@@H]1C2. The van der Waals surface area contributed by atoms with E-state index < -0.39 is 45.9 Å². The van der Waals surface area contributed by atoms with E-state index in [1.807, 2.05) is 36.4 Å². The Morgan fingerprint density at radius 2 is 1.74 bits per heavy atom. The van der Waals surface area contributed by atoms with Crippen LogP contribution >= 0.6 is 0 Å². The number of rotatable bonds is 9. The van der Waals surface area contributed by atoms with E-state index >= 15 is 0 Å². The number of nitrogens with zero attached hydrogens (tertiary/aromatic N) is 1. The number of alkyl carbamates (subject to hydrolysis) is 1. The number of methoxy groups -OCH3 is 2. The van der Waals surface area contributed by atoms with Crippen LogP contribution in [0, 0.1) is 0 Å². The third-order valence-corrected chi connectivity index (χ3v) is 7.49. The van der Waals surface area contributed by atoms with Crippen molar-refractivity contribution in [3.8, 4) is 11.5 Å². The maximum absolute atomic E-state index is 14.2. The van der Waals surface area contributed by atoms with Crippen LogP contribution in [0.3, 0.4) is 0 Å². The van der Waals surface area contributed by atoms with Crippen LogP contribution in [0.1, 0.15) is 49.9 Å². The quantitative estimate of drug-likeness (QED) is 0.425. The fourth-order valence-electron chi connectivity index (χ4n) is 5.23. The highest BCUT2D eigenvalue weighted by Gasteiger charge is 2.46. The zero-order chi connectivity index (χ0) is 30.7. The molecule has 3 atom stereocenters. The Hall–Kier alpha value is -3.61. The minimum Gasteiger partial charge on any atom is -0.493 e. The highest BCUT2D eigenvalue weighted by Crippen LogP contribution is 2.43. The number of fused-ring (bicyclic) bond motifs is 2. The summed E-state index contributed by atoms with van der Waals surface area (Å²) in [5.74, 6) is 0.454. The van der Waals surface area contributed by atoms with E-state index in [0.717, 1.165) is 22.9 Å². The molecule has 1 N–H and O–H groups in total. The number of amides is 2. The summed E-state index contributed by atoms with van der Waals surface area (Å²) in [6, 6.07) is 11.8. The maximum atomic E-state index is 14.2. The molecule has 0 radical (unpaired) electrons. The van der Waals surface area contributed by atoms with Crippen molar-refractivity contribution in [3.63, 3.8) is 0 Å². The van der Waals surface area contributed by atoms with E-state index in [0.29, 0.717) is 11.5 Å². The van der Waals surface area contributed by atoms with Gasteiger partial charge in [0.2, 0.25) is 0 Å². The molecule has 2 aliphatic rings. The fraction of sp³-hybridized carbons (Fsp3) is 0.467. The van der Waals surface area contributed by atoms with Gasteiger partial charge in [-0.25, -0.2) is 4.79 Å². The summed E-state index contributed by atoms with van der Waals surface area (Å²) in [5, 5.41) is 2.57. The normalized spacial score (nSPS) is 20.5. The van der Waals surface area contributed by atoms with Crippen LogP contribution < -0.4 is 14.8 Å². The topological polar surface area (TPSA) is 130 Å². The third-order valence-electron chi connectivity index (χ3n) is 6.90. The van der Waals surface area contributed by atoms with Crippen LogP contribution in [0.5, 0.6) is 11.5 Å². The molecule has 4 rings (SSSR count). The molecule has 0 fully saturated rings. The van der Waals surface area contributed by atoms with Crippen molar-refractivity contribution in [1.82, 2.24) is 10.2 Å². The lowest BCUT2D eigenvalue weighted by Gasteiger charge is -2.45. The molecule has 0 unspecified atom stereocenters. The Labute approximate surface area is 246 Å². The zero-order valence-electron chi connectivity index (χ0n) is 24.7. The zero-order valence-corrected chi connectivity index (χ0v) is 25.5. The van der Waals surface area contributed by atoms with Crippen molar-refractivity contribution in [3.05, 3.63) is 70.9 Å². The van der Waals surface area contributed by atoms with Crippen molar-refractivity contribution in [1.29, 1.82) is 0 Å². The summed E-state index contributed by atoms with van der Waals surface area (Å²) in [6.45, 7) is 5.50. The number of benzene rings is 2. The van der Waals surface area contributed by atoms with Gasteiger partial charge in [0.15, 0.2) is 11.5 Å². The molecule has 0 bridgehead atoms. The predicted octanol–water partition coefficient (Wildman–Crippen LogP) is 3.87. The van der Waals surface area contributed by atoms with Crippen LogP contribution in [-0.4, -0.2) is 70.1 Å². The molecule has 2 aliphatic heterocycles. The van der Waals surface area contributed by atoms with Gasteiger partial charge in [-0.3, -0.25) is 14.3 Å². The van der Waals surface area contributed by atoms with Gasteiger partial charge in [-0.2, -0.15) is 8.42 Å². The van der Waals surface area contributed by atoms with Crippen LogP contribution in [0.15, 0.2) is 54.2 Å². The lowest BCUT2D eigenvalue weighted by atomic mass is 9.85. The van der Waals surface area contributed by atoms with Gasteiger partial charge in [-0.15, -0.1) is 0 Å². The summed E-state index contributed by atoms with van der Waals surface area (Å²) in [6.07, 6.45) is 1.03.